The first-order valence-electron chi connectivity index (χ1n) is 10.0. The summed E-state index contributed by atoms with van der Waals surface area (Å²) in [6.07, 6.45) is 2.04. The number of aromatic amines is 1. The molecule has 0 bridgehead atoms. The van der Waals surface area contributed by atoms with Crippen molar-refractivity contribution in [2.45, 2.75) is 0 Å². The number of rotatable bonds is 6. The van der Waals surface area contributed by atoms with Gasteiger partial charge in [0.25, 0.3) is 0 Å². The van der Waals surface area contributed by atoms with Crippen molar-refractivity contribution in [2.24, 2.45) is 0 Å². The highest BCUT2D eigenvalue weighted by Crippen LogP contribution is 2.40. The highest BCUT2D eigenvalue weighted by Gasteiger charge is 2.17. The van der Waals surface area contributed by atoms with Gasteiger partial charge in [-0.1, -0.05) is 24.3 Å². The van der Waals surface area contributed by atoms with Gasteiger partial charge in [0.2, 0.25) is 5.75 Å². The SMILES string of the molecule is COc1cc(/C=C(\c2nc3ccccc3[nH]2)c2nc3ccccc3s2)cc(OC)c1OC. The highest BCUT2D eigenvalue weighted by atomic mass is 32.1. The molecule has 6 nitrogen and oxygen atoms in total. The lowest BCUT2D eigenvalue weighted by Crippen LogP contribution is -1.96. The van der Waals surface area contributed by atoms with Gasteiger partial charge in [0.1, 0.15) is 10.8 Å². The standard InChI is InChI=1S/C25H21N3O3S/c1-29-20-13-15(14-21(30-2)23(20)31-3)12-16(24-26-17-8-4-5-9-18(17)27-24)25-28-19-10-6-7-11-22(19)32-25/h4-14H,1-3H3,(H,26,27)/b16-12+. The molecule has 0 atom stereocenters. The zero-order chi connectivity index (χ0) is 22.1. The van der Waals surface area contributed by atoms with E-state index in [0.717, 1.165) is 43.2 Å². The lowest BCUT2D eigenvalue weighted by Gasteiger charge is -2.13. The second kappa shape index (κ2) is 8.36. The first kappa shape index (κ1) is 20.1. The van der Waals surface area contributed by atoms with E-state index in [0.29, 0.717) is 17.2 Å². The highest BCUT2D eigenvalue weighted by molar-refractivity contribution is 7.19. The molecule has 0 fully saturated rings. The number of fused-ring (bicyclic) bond motifs is 2. The number of benzene rings is 3. The van der Waals surface area contributed by atoms with Gasteiger partial charge in [0.15, 0.2) is 11.5 Å². The Hall–Kier alpha value is -3.84. The molecule has 160 valence electrons. The minimum absolute atomic E-state index is 0.553. The minimum Gasteiger partial charge on any atom is -0.493 e. The summed E-state index contributed by atoms with van der Waals surface area (Å²) < 4.78 is 17.7. The first-order chi connectivity index (χ1) is 15.7. The van der Waals surface area contributed by atoms with Gasteiger partial charge in [-0.3, -0.25) is 0 Å². The average Bonchev–Trinajstić information content (AvgIpc) is 3.45. The average molecular weight is 444 g/mol. The van der Waals surface area contributed by atoms with Crippen molar-refractivity contribution in [1.29, 1.82) is 0 Å². The summed E-state index contributed by atoms with van der Waals surface area (Å²) >= 11 is 1.63. The van der Waals surface area contributed by atoms with Crippen LogP contribution in [0.1, 0.15) is 16.4 Å². The van der Waals surface area contributed by atoms with Gasteiger partial charge in [-0.2, -0.15) is 0 Å². The van der Waals surface area contributed by atoms with E-state index in [9.17, 15) is 0 Å². The van der Waals surface area contributed by atoms with E-state index in [2.05, 4.69) is 11.1 Å². The van der Waals surface area contributed by atoms with Crippen molar-refractivity contribution in [1.82, 2.24) is 15.0 Å². The molecule has 2 aromatic heterocycles. The molecule has 0 aliphatic rings. The smallest absolute Gasteiger partial charge is 0.203 e. The van der Waals surface area contributed by atoms with E-state index in [1.807, 2.05) is 60.7 Å². The molecular formula is C25H21N3O3S. The van der Waals surface area contributed by atoms with Crippen LogP contribution in [0.4, 0.5) is 0 Å². The summed E-state index contributed by atoms with van der Waals surface area (Å²) in [4.78, 5) is 13.1. The van der Waals surface area contributed by atoms with E-state index >= 15 is 0 Å². The van der Waals surface area contributed by atoms with Crippen LogP contribution in [-0.2, 0) is 0 Å². The predicted octanol–water partition coefficient (Wildman–Crippen LogP) is 5.79. The Balaban J connectivity index is 1.73. The molecule has 5 rings (SSSR count). The van der Waals surface area contributed by atoms with Crippen molar-refractivity contribution in [3.8, 4) is 17.2 Å². The fourth-order valence-corrected chi connectivity index (χ4v) is 4.63. The Kier molecular flexibility index (Phi) is 5.25. The third kappa shape index (κ3) is 3.56. The number of aromatic nitrogens is 3. The predicted molar refractivity (Wildman–Crippen MR) is 129 cm³/mol. The fourth-order valence-electron chi connectivity index (χ4n) is 3.65. The molecular weight excluding hydrogens is 422 g/mol. The normalized spacial score (nSPS) is 11.8. The van der Waals surface area contributed by atoms with Crippen LogP contribution >= 0.6 is 11.3 Å². The van der Waals surface area contributed by atoms with E-state index in [1.54, 1.807) is 32.7 Å². The third-order valence-electron chi connectivity index (χ3n) is 5.17. The third-order valence-corrected chi connectivity index (χ3v) is 6.24. The molecule has 0 aliphatic heterocycles. The van der Waals surface area contributed by atoms with Gasteiger partial charge in [0.05, 0.1) is 48.2 Å². The molecule has 3 aromatic carbocycles. The van der Waals surface area contributed by atoms with E-state index < -0.39 is 0 Å². The second-order valence-electron chi connectivity index (χ2n) is 7.11. The molecule has 0 saturated carbocycles. The largest absolute Gasteiger partial charge is 0.493 e. The lowest BCUT2D eigenvalue weighted by molar-refractivity contribution is 0.324. The molecule has 0 radical (unpaired) electrons. The van der Waals surface area contributed by atoms with Crippen LogP contribution < -0.4 is 14.2 Å². The molecule has 2 heterocycles. The Morgan fingerprint density at radius 1 is 0.844 bits per heavy atom. The van der Waals surface area contributed by atoms with E-state index in [1.165, 1.54) is 0 Å². The van der Waals surface area contributed by atoms with Crippen LogP contribution in [0, 0.1) is 0 Å². The van der Waals surface area contributed by atoms with E-state index in [-0.39, 0.29) is 0 Å². The summed E-state index contributed by atoms with van der Waals surface area (Å²) in [5.74, 6) is 2.48. The van der Waals surface area contributed by atoms with Crippen molar-refractivity contribution < 1.29 is 14.2 Å². The zero-order valence-electron chi connectivity index (χ0n) is 17.9. The minimum atomic E-state index is 0.553. The quantitative estimate of drug-likeness (QED) is 0.360. The molecule has 0 saturated heterocycles. The van der Waals surface area contributed by atoms with Crippen LogP contribution in [0.15, 0.2) is 60.7 Å². The second-order valence-corrected chi connectivity index (χ2v) is 8.14. The van der Waals surface area contributed by atoms with Gasteiger partial charge < -0.3 is 19.2 Å². The molecule has 0 amide bonds. The maximum absolute atomic E-state index is 5.54. The Morgan fingerprint density at radius 2 is 1.53 bits per heavy atom. The number of methoxy groups -OCH3 is 3. The number of H-pyrrole nitrogens is 1. The Bertz CT molecular complexity index is 1280. The number of imidazole rings is 1. The fraction of sp³-hybridized carbons (Fsp3) is 0.120. The van der Waals surface area contributed by atoms with Crippen molar-refractivity contribution in [3.05, 3.63) is 77.1 Å². The summed E-state index contributed by atoms with van der Waals surface area (Å²) in [5, 5.41) is 0.874. The maximum Gasteiger partial charge on any atom is 0.203 e. The van der Waals surface area contributed by atoms with Crippen molar-refractivity contribution in [3.63, 3.8) is 0 Å². The summed E-state index contributed by atoms with van der Waals surface area (Å²) in [7, 11) is 4.81. The van der Waals surface area contributed by atoms with Gasteiger partial charge >= 0.3 is 0 Å². The Morgan fingerprint density at radius 3 is 2.19 bits per heavy atom. The van der Waals surface area contributed by atoms with Crippen molar-refractivity contribution in [2.75, 3.05) is 21.3 Å². The summed E-state index contributed by atoms with van der Waals surface area (Å²) in [5.41, 5.74) is 4.60. The van der Waals surface area contributed by atoms with Crippen LogP contribution in [0.25, 0.3) is 32.9 Å². The molecule has 0 unspecified atom stereocenters. The number of nitrogens with one attached hydrogen (secondary N) is 1. The number of hydrogen-bond donors (Lipinski definition) is 1. The molecule has 7 heteroatoms. The van der Waals surface area contributed by atoms with Crippen molar-refractivity contribution >= 4 is 44.2 Å². The van der Waals surface area contributed by atoms with Crippen LogP contribution in [0.3, 0.4) is 0 Å². The molecule has 5 aromatic rings. The summed E-state index contributed by atoms with van der Waals surface area (Å²) in [6, 6.07) is 19.9. The molecule has 0 aliphatic carbocycles. The number of hydrogen-bond acceptors (Lipinski definition) is 6. The molecule has 0 spiro atoms. The maximum atomic E-state index is 5.54. The first-order valence-corrected chi connectivity index (χ1v) is 10.8. The van der Waals surface area contributed by atoms with Gasteiger partial charge in [-0.15, -0.1) is 11.3 Å². The van der Waals surface area contributed by atoms with E-state index in [4.69, 9.17) is 24.2 Å². The summed E-state index contributed by atoms with van der Waals surface area (Å²) in [6.45, 7) is 0. The monoisotopic (exact) mass is 443 g/mol. The van der Waals surface area contributed by atoms with Gasteiger partial charge in [-0.05, 0) is 48.0 Å². The van der Waals surface area contributed by atoms with Gasteiger partial charge in [0, 0.05) is 0 Å². The molecule has 32 heavy (non-hydrogen) atoms. The Labute approximate surface area is 189 Å². The van der Waals surface area contributed by atoms with Crippen LogP contribution in [0.2, 0.25) is 0 Å². The number of ether oxygens (including phenoxy) is 3. The number of nitrogens with zero attached hydrogens (tertiary/aromatic N) is 2. The molecule has 1 N–H and O–H groups in total. The van der Waals surface area contributed by atoms with Crippen LogP contribution in [0.5, 0.6) is 17.2 Å². The topological polar surface area (TPSA) is 69.3 Å². The zero-order valence-corrected chi connectivity index (χ0v) is 18.7. The lowest BCUT2D eigenvalue weighted by atomic mass is 10.1. The number of thiazole rings is 1. The van der Waals surface area contributed by atoms with Gasteiger partial charge in [-0.25, -0.2) is 9.97 Å². The number of para-hydroxylation sites is 3. The van der Waals surface area contributed by atoms with Crippen LogP contribution in [-0.4, -0.2) is 36.3 Å².